The summed E-state index contributed by atoms with van der Waals surface area (Å²) >= 11 is 0. The molecule has 1 N–H and O–H groups in total. The first kappa shape index (κ1) is 12.2. The summed E-state index contributed by atoms with van der Waals surface area (Å²) < 4.78 is 0. The van der Waals surface area contributed by atoms with Crippen LogP contribution in [0.4, 0.5) is 0 Å². The fourth-order valence-electron chi connectivity index (χ4n) is 2.02. The predicted octanol–water partition coefficient (Wildman–Crippen LogP) is 0.566. The Balaban J connectivity index is 2.51. The average molecular weight is 212 g/mol. The SMILES string of the molecule is CNC(=O)CN(C)C1CCCCCC1=O. The van der Waals surface area contributed by atoms with E-state index in [0.29, 0.717) is 18.7 Å². The molecule has 1 atom stereocenters. The second-order valence-corrected chi connectivity index (χ2v) is 4.17. The lowest BCUT2D eigenvalue weighted by atomic mass is 10.1. The van der Waals surface area contributed by atoms with Crippen LogP contribution in [-0.2, 0) is 9.59 Å². The van der Waals surface area contributed by atoms with E-state index in [9.17, 15) is 9.59 Å². The highest BCUT2D eigenvalue weighted by atomic mass is 16.2. The summed E-state index contributed by atoms with van der Waals surface area (Å²) in [5.41, 5.74) is 0. The monoisotopic (exact) mass is 212 g/mol. The van der Waals surface area contributed by atoms with E-state index in [2.05, 4.69) is 5.32 Å². The van der Waals surface area contributed by atoms with Gasteiger partial charge < -0.3 is 5.32 Å². The van der Waals surface area contributed by atoms with Gasteiger partial charge in [0.2, 0.25) is 5.91 Å². The lowest BCUT2D eigenvalue weighted by Gasteiger charge is -2.24. The number of carbonyl (C=O) groups is 2. The zero-order valence-corrected chi connectivity index (χ0v) is 9.58. The van der Waals surface area contributed by atoms with Gasteiger partial charge in [0.15, 0.2) is 0 Å². The zero-order chi connectivity index (χ0) is 11.3. The van der Waals surface area contributed by atoms with Crippen molar-refractivity contribution in [1.29, 1.82) is 0 Å². The molecule has 0 aromatic rings. The van der Waals surface area contributed by atoms with Crippen LogP contribution in [0.25, 0.3) is 0 Å². The number of nitrogens with zero attached hydrogens (tertiary/aromatic N) is 1. The smallest absolute Gasteiger partial charge is 0.233 e. The van der Waals surface area contributed by atoms with E-state index in [1.54, 1.807) is 7.05 Å². The van der Waals surface area contributed by atoms with Crippen LogP contribution in [0, 0.1) is 0 Å². The number of likely N-dealkylation sites (N-methyl/N-ethyl adjacent to an activating group) is 2. The standard InChI is InChI=1S/C11H20N2O2/c1-12-11(15)8-13(2)9-6-4-3-5-7-10(9)14/h9H,3-8H2,1-2H3,(H,12,15). The number of rotatable bonds is 3. The highest BCUT2D eigenvalue weighted by Gasteiger charge is 2.25. The van der Waals surface area contributed by atoms with Crippen LogP contribution in [-0.4, -0.2) is 43.3 Å². The maximum atomic E-state index is 11.8. The van der Waals surface area contributed by atoms with Gasteiger partial charge in [0.05, 0.1) is 12.6 Å². The molecule has 0 bridgehead atoms. The van der Waals surface area contributed by atoms with E-state index in [1.807, 2.05) is 11.9 Å². The Morgan fingerprint density at radius 1 is 1.47 bits per heavy atom. The quantitative estimate of drug-likeness (QED) is 0.696. The van der Waals surface area contributed by atoms with Crippen LogP contribution >= 0.6 is 0 Å². The van der Waals surface area contributed by atoms with Gasteiger partial charge in [-0.2, -0.15) is 0 Å². The molecule has 1 rings (SSSR count). The number of amides is 1. The highest BCUT2D eigenvalue weighted by Crippen LogP contribution is 2.18. The van der Waals surface area contributed by atoms with Crippen molar-refractivity contribution in [3.05, 3.63) is 0 Å². The lowest BCUT2D eigenvalue weighted by Crippen LogP contribution is -2.43. The third-order valence-electron chi connectivity index (χ3n) is 2.98. The highest BCUT2D eigenvalue weighted by molar-refractivity contribution is 5.85. The summed E-state index contributed by atoms with van der Waals surface area (Å²) in [6, 6.07) is -0.0511. The molecule has 0 aromatic carbocycles. The second kappa shape index (κ2) is 5.85. The molecule has 0 saturated heterocycles. The minimum atomic E-state index is -0.0511. The zero-order valence-electron chi connectivity index (χ0n) is 9.58. The minimum Gasteiger partial charge on any atom is -0.358 e. The van der Waals surface area contributed by atoms with Crippen molar-refractivity contribution in [1.82, 2.24) is 10.2 Å². The van der Waals surface area contributed by atoms with E-state index in [1.165, 1.54) is 0 Å². The predicted molar refractivity (Wildman–Crippen MR) is 58.6 cm³/mol. The molecule has 1 unspecified atom stereocenters. The van der Waals surface area contributed by atoms with E-state index < -0.39 is 0 Å². The molecule has 1 aliphatic carbocycles. The molecule has 0 aromatic heterocycles. The Kier molecular flexibility index (Phi) is 4.75. The van der Waals surface area contributed by atoms with Gasteiger partial charge in [-0.25, -0.2) is 0 Å². The number of hydrogen-bond acceptors (Lipinski definition) is 3. The van der Waals surface area contributed by atoms with Crippen molar-refractivity contribution < 1.29 is 9.59 Å². The summed E-state index contributed by atoms with van der Waals surface area (Å²) in [6.07, 6.45) is 4.79. The van der Waals surface area contributed by atoms with E-state index in [0.717, 1.165) is 25.7 Å². The van der Waals surface area contributed by atoms with Crippen molar-refractivity contribution in [3.63, 3.8) is 0 Å². The Morgan fingerprint density at radius 3 is 2.87 bits per heavy atom. The molecule has 4 nitrogen and oxygen atoms in total. The summed E-state index contributed by atoms with van der Waals surface area (Å²) in [7, 11) is 3.47. The molecule has 0 aliphatic heterocycles. The molecule has 1 fully saturated rings. The fourth-order valence-corrected chi connectivity index (χ4v) is 2.02. The van der Waals surface area contributed by atoms with Gasteiger partial charge in [-0.05, 0) is 19.9 Å². The normalized spacial score (nSPS) is 22.6. The largest absolute Gasteiger partial charge is 0.358 e. The third kappa shape index (κ3) is 3.63. The summed E-state index contributed by atoms with van der Waals surface area (Å²) in [5, 5.41) is 2.57. The molecule has 0 radical (unpaired) electrons. The van der Waals surface area contributed by atoms with Crippen molar-refractivity contribution in [3.8, 4) is 0 Å². The molecular weight excluding hydrogens is 192 g/mol. The molecule has 4 heteroatoms. The van der Waals surface area contributed by atoms with Crippen LogP contribution in [0.2, 0.25) is 0 Å². The maximum absolute atomic E-state index is 11.8. The number of hydrogen-bond donors (Lipinski definition) is 1. The van der Waals surface area contributed by atoms with Crippen molar-refractivity contribution in [2.75, 3.05) is 20.6 Å². The molecule has 15 heavy (non-hydrogen) atoms. The first-order valence-electron chi connectivity index (χ1n) is 5.58. The van der Waals surface area contributed by atoms with Crippen LogP contribution in [0.1, 0.15) is 32.1 Å². The number of carbonyl (C=O) groups excluding carboxylic acids is 2. The van der Waals surface area contributed by atoms with E-state index in [-0.39, 0.29) is 11.9 Å². The van der Waals surface area contributed by atoms with Gasteiger partial charge >= 0.3 is 0 Å². The molecular formula is C11H20N2O2. The first-order chi connectivity index (χ1) is 7.15. The van der Waals surface area contributed by atoms with E-state index in [4.69, 9.17) is 0 Å². The van der Waals surface area contributed by atoms with Gasteiger partial charge in [0.25, 0.3) is 0 Å². The fraction of sp³-hybridized carbons (Fsp3) is 0.818. The second-order valence-electron chi connectivity index (χ2n) is 4.17. The summed E-state index contributed by atoms with van der Waals surface area (Å²) in [4.78, 5) is 24.8. The minimum absolute atomic E-state index is 0.0328. The van der Waals surface area contributed by atoms with Crippen molar-refractivity contribution >= 4 is 11.7 Å². The van der Waals surface area contributed by atoms with Crippen molar-refractivity contribution in [2.45, 2.75) is 38.1 Å². The van der Waals surface area contributed by atoms with E-state index >= 15 is 0 Å². The number of Topliss-reactive ketones (excluding diaryl/α,β-unsaturated/α-hetero) is 1. The topological polar surface area (TPSA) is 49.4 Å². The number of ketones is 1. The Morgan fingerprint density at radius 2 is 2.20 bits per heavy atom. The van der Waals surface area contributed by atoms with Gasteiger partial charge in [0.1, 0.15) is 5.78 Å². The molecule has 0 heterocycles. The lowest BCUT2D eigenvalue weighted by molar-refractivity contribution is -0.126. The maximum Gasteiger partial charge on any atom is 0.233 e. The third-order valence-corrected chi connectivity index (χ3v) is 2.98. The molecule has 1 amide bonds. The Hall–Kier alpha value is -0.900. The number of nitrogens with one attached hydrogen (secondary N) is 1. The average Bonchev–Trinajstić information content (AvgIpc) is 2.42. The Labute approximate surface area is 91.0 Å². The van der Waals surface area contributed by atoms with Gasteiger partial charge in [-0.1, -0.05) is 12.8 Å². The molecule has 0 spiro atoms. The summed E-state index contributed by atoms with van der Waals surface area (Å²) in [5.74, 6) is 0.258. The molecule has 1 aliphatic rings. The van der Waals surface area contributed by atoms with Gasteiger partial charge in [-0.15, -0.1) is 0 Å². The molecule has 1 saturated carbocycles. The van der Waals surface area contributed by atoms with Gasteiger partial charge in [-0.3, -0.25) is 14.5 Å². The Bertz CT molecular complexity index is 241. The van der Waals surface area contributed by atoms with Crippen LogP contribution < -0.4 is 5.32 Å². The van der Waals surface area contributed by atoms with Crippen molar-refractivity contribution in [2.24, 2.45) is 0 Å². The first-order valence-corrected chi connectivity index (χ1v) is 5.58. The van der Waals surface area contributed by atoms with Gasteiger partial charge in [0, 0.05) is 13.5 Å². The summed E-state index contributed by atoms with van der Waals surface area (Å²) in [6.45, 7) is 0.312. The van der Waals surface area contributed by atoms with Crippen LogP contribution in [0.3, 0.4) is 0 Å². The van der Waals surface area contributed by atoms with Crippen LogP contribution in [0.15, 0.2) is 0 Å². The van der Waals surface area contributed by atoms with Crippen LogP contribution in [0.5, 0.6) is 0 Å². The molecule has 86 valence electrons.